The predicted molar refractivity (Wildman–Crippen MR) is 71.5 cm³/mol. The van der Waals surface area contributed by atoms with Crippen LogP contribution in [0.1, 0.15) is 13.8 Å². The number of nitrogens with zero attached hydrogens (tertiary/aromatic N) is 1. The zero-order valence-electron chi connectivity index (χ0n) is 10.5. The van der Waals surface area contributed by atoms with Crippen LogP contribution in [0.5, 0.6) is 5.88 Å². The van der Waals surface area contributed by atoms with E-state index in [0.717, 1.165) is 0 Å². The van der Waals surface area contributed by atoms with Crippen LogP contribution in [0.3, 0.4) is 0 Å². The van der Waals surface area contributed by atoms with Gasteiger partial charge < -0.3 is 10.5 Å². The summed E-state index contributed by atoms with van der Waals surface area (Å²) >= 11 is 0. The van der Waals surface area contributed by atoms with Gasteiger partial charge in [0.15, 0.2) is 0 Å². The van der Waals surface area contributed by atoms with Gasteiger partial charge in [-0.1, -0.05) is 0 Å². The quantitative estimate of drug-likeness (QED) is 0.826. The Morgan fingerprint density at radius 3 is 2.44 bits per heavy atom. The van der Waals surface area contributed by atoms with Gasteiger partial charge in [0.2, 0.25) is 15.9 Å². The maximum atomic E-state index is 12.0. The molecule has 18 heavy (non-hydrogen) atoms. The molecule has 8 heteroatoms. The van der Waals surface area contributed by atoms with Crippen LogP contribution < -0.4 is 15.2 Å². The third-order valence-corrected chi connectivity index (χ3v) is 3.83. The van der Waals surface area contributed by atoms with Crippen molar-refractivity contribution in [3.8, 4) is 5.88 Å². The molecule has 0 aliphatic carbocycles. The third kappa shape index (κ3) is 4.41. The normalized spacial score (nSPS) is 11.8. The number of nitrogens with one attached hydrogen (secondary N) is 1. The van der Waals surface area contributed by atoms with Gasteiger partial charge in [-0.3, -0.25) is 0 Å². The molecular formula is C10H18ClN3O3S. The number of halogens is 1. The van der Waals surface area contributed by atoms with E-state index in [0.29, 0.717) is 5.88 Å². The zero-order chi connectivity index (χ0) is 13.1. The van der Waals surface area contributed by atoms with Crippen LogP contribution in [0.15, 0.2) is 23.2 Å². The maximum absolute atomic E-state index is 12.0. The summed E-state index contributed by atoms with van der Waals surface area (Å²) < 4.78 is 31.3. The Morgan fingerprint density at radius 1 is 1.44 bits per heavy atom. The van der Waals surface area contributed by atoms with Gasteiger partial charge in [-0.25, -0.2) is 18.1 Å². The fourth-order valence-corrected chi connectivity index (χ4v) is 2.48. The number of hydrogen-bond acceptors (Lipinski definition) is 5. The number of nitrogens with two attached hydrogens (primary N) is 1. The van der Waals surface area contributed by atoms with E-state index in [1.807, 2.05) is 0 Å². The van der Waals surface area contributed by atoms with Gasteiger partial charge in [0, 0.05) is 18.2 Å². The molecule has 104 valence electrons. The monoisotopic (exact) mass is 295 g/mol. The summed E-state index contributed by atoms with van der Waals surface area (Å²) in [5.74, 6) is 0.363. The Labute approximate surface area is 113 Å². The molecule has 0 bridgehead atoms. The summed E-state index contributed by atoms with van der Waals surface area (Å²) in [5, 5.41) is 0. The minimum atomic E-state index is -3.60. The fraction of sp³-hybridized carbons (Fsp3) is 0.500. The van der Waals surface area contributed by atoms with Crippen LogP contribution in [0.25, 0.3) is 0 Å². The lowest BCUT2D eigenvalue weighted by Crippen LogP contribution is -2.48. The van der Waals surface area contributed by atoms with Gasteiger partial charge in [-0.2, -0.15) is 0 Å². The SMILES string of the molecule is COc1ccc(S(=O)(=O)NC(C)(C)CN)cn1.Cl. The van der Waals surface area contributed by atoms with Crippen LogP contribution in [0.4, 0.5) is 0 Å². The standard InChI is InChI=1S/C10H17N3O3S.ClH/c1-10(2,7-11)13-17(14,15)8-4-5-9(16-3)12-6-8;/h4-6,13H,7,11H2,1-3H3;1H. The molecule has 0 atom stereocenters. The first kappa shape index (κ1) is 17.1. The summed E-state index contributed by atoms with van der Waals surface area (Å²) in [6, 6.07) is 2.92. The highest BCUT2D eigenvalue weighted by molar-refractivity contribution is 7.89. The minimum absolute atomic E-state index is 0. The van der Waals surface area contributed by atoms with E-state index in [1.165, 1.54) is 25.4 Å². The molecule has 1 rings (SSSR count). The molecule has 0 aromatic carbocycles. The van der Waals surface area contributed by atoms with Gasteiger partial charge in [-0.15, -0.1) is 12.4 Å². The van der Waals surface area contributed by atoms with E-state index >= 15 is 0 Å². The topological polar surface area (TPSA) is 94.3 Å². The molecule has 1 heterocycles. The molecule has 0 unspecified atom stereocenters. The number of ether oxygens (including phenoxy) is 1. The average molecular weight is 296 g/mol. The fourth-order valence-electron chi connectivity index (χ4n) is 1.11. The average Bonchev–Trinajstić information content (AvgIpc) is 2.28. The van der Waals surface area contributed by atoms with Gasteiger partial charge in [0.05, 0.1) is 13.3 Å². The number of methoxy groups -OCH3 is 1. The van der Waals surface area contributed by atoms with Gasteiger partial charge in [0.25, 0.3) is 0 Å². The lowest BCUT2D eigenvalue weighted by Gasteiger charge is -2.23. The van der Waals surface area contributed by atoms with E-state index in [9.17, 15) is 8.42 Å². The first-order valence-corrected chi connectivity index (χ1v) is 6.53. The Morgan fingerprint density at radius 2 is 2.06 bits per heavy atom. The van der Waals surface area contributed by atoms with Crippen molar-refractivity contribution in [2.24, 2.45) is 5.73 Å². The molecule has 0 aliphatic rings. The molecule has 0 amide bonds. The molecule has 0 radical (unpaired) electrons. The first-order chi connectivity index (χ1) is 7.80. The van der Waals surface area contributed by atoms with Crippen LogP contribution in [0.2, 0.25) is 0 Å². The summed E-state index contributed by atoms with van der Waals surface area (Å²) in [7, 11) is -2.14. The van der Waals surface area contributed by atoms with Crippen molar-refractivity contribution in [3.05, 3.63) is 18.3 Å². The van der Waals surface area contributed by atoms with Crippen LogP contribution in [-0.2, 0) is 10.0 Å². The molecular weight excluding hydrogens is 278 g/mol. The number of hydrogen-bond donors (Lipinski definition) is 2. The molecule has 0 saturated carbocycles. The second-order valence-corrected chi connectivity index (χ2v) is 5.91. The highest BCUT2D eigenvalue weighted by Crippen LogP contribution is 2.14. The summed E-state index contributed by atoms with van der Waals surface area (Å²) in [4.78, 5) is 3.93. The Hall–Kier alpha value is -0.890. The maximum Gasteiger partial charge on any atom is 0.242 e. The van der Waals surface area contributed by atoms with Crippen molar-refractivity contribution in [1.29, 1.82) is 0 Å². The molecule has 6 nitrogen and oxygen atoms in total. The van der Waals surface area contributed by atoms with E-state index < -0.39 is 15.6 Å². The first-order valence-electron chi connectivity index (χ1n) is 5.05. The second kappa shape index (κ2) is 6.33. The summed E-state index contributed by atoms with van der Waals surface area (Å²) in [6.07, 6.45) is 1.24. The molecule has 0 fully saturated rings. The van der Waals surface area contributed by atoms with Gasteiger partial charge in [0.1, 0.15) is 4.90 Å². The van der Waals surface area contributed by atoms with E-state index in [2.05, 4.69) is 9.71 Å². The zero-order valence-corrected chi connectivity index (χ0v) is 12.1. The molecule has 3 N–H and O–H groups in total. The summed E-state index contributed by atoms with van der Waals surface area (Å²) in [6.45, 7) is 3.62. The van der Waals surface area contributed by atoms with E-state index in [4.69, 9.17) is 10.5 Å². The van der Waals surface area contributed by atoms with Crippen LogP contribution in [-0.4, -0.2) is 32.6 Å². The summed E-state index contributed by atoms with van der Waals surface area (Å²) in [5.41, 5.74) is 4.78. The molecule has 0 spiro atoms. The number of rotatable bonds is 5. The van der Waals surface area contributed by atoms with Crippen molar-refractivity contribution >= 4 is 22.4 Å². The smallest absolute Gasteiger partial charge is 0.242 e. The predicted octanol–water partition coefficient (Wildman–Crippen LogP) is 0.528. The van der Waals surface area contributed by atoms with E-state index in [1.54, 1.807) is 13.8 Å². The Balaban J connectivity index is 0.00000289. The van der Waals surface area contributed by atoms with Gasteiger partial charge in [-0.05, 0) is 19.9 Å². The lowest BCUT2D eigenvalue weighted by molar-refractivity contribution is 0.397. The molecule has 1 aromatic heterocycles. The van der Waals surface area contributed by atoms with Crippen molar-refractivity contribution in [2.75, 3.05) is 13.7 Å². The van der Waals surface area contributed by atoms with Crippen LogP contribution in [0, 0.1) is 0 Å². The van der Waals surface area contributed by atoms with Gasteiger partial charge >= 0.3 is 0 Å². The Bertz CT molecular complexity index is 474. The number of sulfonamides is 1. The highest BCUT2D eigenvalue weighted by atomic mass is 35.5. The minimum Gasteiger partial charge on any atom is -0.481 e. The second-order valence-electron chi connectivity index (χ2n) is 4.23. The number of aromatic nitrogens is 1. The molecule has 0 saturated heterocycles. The lowest BCUT2D eigenvalue weighted by atomic mass is 10.1. The van der Waals surface area contributed by atoms with Crippen molar-refractivity contribution in [2.45, 2.75) is 24.3 Å². The van der Waals surface area contributed by atoms with Crippen molar-refractivity contribution < 1.29 is 13.2 Å². The number of pyridine rings is 1. The van der Waals surface area contributed by atoms with Crippen molar-refractivity contribution in [1.82, 2.24) is 9.71 Å². The molecule has 0 aliphatic heterocycles. The largest absolute Gasteiger partial charge is 0.481 e. The highest BCUT2D eigenvalue weighted by Gasteiger charge is 2.25. The van der Waals surface area contributed by atoms with E-state index in [-0.39, 0.29) is 23.8 Å². The Kier molecular flexibility index (Phi) is 6.01. The third-order valence-electron chi connectivity index (χ3n) is 2.15. The van der Waals surface area contributed by atoms with Crippen LogP contribution >= 0.6 is 12.4 Å². The van der Waals surface area contributed by atoms with Crippen molar-refractivity contribution in [3.63, 3.8) is 0 Å². The molecule has 1 aromatic rings.